The van der Waals surface area contributed by atoms with Crippen LogP contribution in [0, 0.1) is 6.92 Å². The van der Waals surface area contributed by atoms with E-state index in [1.165, 1.54) is 31.3 Å². The predicted molar refractivity (Wildman–Crippen MR) is 104 cm³/mol. The minimum Gasteiger partial charge on any atom is -0.339 e. The van der Waals surface area contributed by atoms with Crippen molar-refractivity contribution in [1.29, 1.82) is 0 Å². The number of hydrogen-bond donors (Lipinski definition) is 2. The van der Waals surface area contributed by atoms with E-state index in [9.17, 15) is 13.2 Å². The van der Waals surface area contributed by atoms with E-state index in [0.29, 0.717) is 23.8 Å². The van der Waals surface area contributed by atoms with Crippen molar-refractivity contribution < 1.29 is 17.7 Å². The third-order valence-electron chi connectivity index (χ3n) is 4.06. The highest BCUT2D eigenvalue weighted by molar-refractivity contribution is 7.89. The number of nitrogens with one attached hydrogen (secondary N) is 2. The molecule has 9 heteroatoms. The van der Waals surface area contributed by atoms with Crippen LogP contribution in [0.25, 0.3) is 11.4 Å². The van der Waals surface area contributed by atoms with Crippen LogP contribution in [-0.4, -0.2) is 31.5 Å². The maximum atomic E-state index is 12.1. The summed E-state index contributed by atoms with van der Waals surface area (Å²) in [6.45, 7) is 2.00. The van der Waals surface area contributed by atoms with Crippen LogP contribution in [0.15, 0.2) is 57.9 Å². The lowest BCUT2D eigenvalue weighted by molar-refractivity contribution is -0.116. The molecule has 0 spiro atoms. The van der Waals surface area contributed by atoms with Gasteiger partial charge in [-0.15, -0.1) is 0 Å². The van der Waals surface area contributed by atoms with E-state index >= 15 is 0 Å². The Balaban J connectivity index is 1.55. The van der Waals surface area contributed by atoms with Gasteiger partial charge in [0.1, 0.15) is 0 Å². The van der Waals surface area contributed by atoms with E-state index in [1.54, 1.807) is 0 Å². The Morgan fingerprint density at radius 1 is 1.07 bits per heavy atom. The molecule has 0 atom stereocenters. The van der Waals surface area contributed by atoms with Crippen LogP contribution in [0.1, 0.15) is 17.9 Å². The summed E-state index contributed by atoms with van der Waals surface area (Å²) in [6.07, 6.45) is 0.461. The molecule has 8 nitrogen and oxygen atoms in total. The molecule has 3 rings (SSSR count). The van der Waals surface area contributed by atoms with Crippen molar-refractivity contribution >= 4 is 21.6 Å². The average Bonchev–Trinajstić information content (AvgIpc) is 3.16. The van der Waals surface area contributed by atoms with Crippen molar-refractivity contribution in [3.05, 3.63) is 60.0 Å². The van der Waals surface area contributed by atoms with Crippen molar-refractivity contribution in [1.82, 2.24) is 14.9 Å². The topological polar surface area (TPSA) is 114 Å². The van der Waals surface area contributed by atoms with Gasteiger partial charge in [-0.2, -0.15) is 4.98 Å². The van der Waals surface area contributed by atoms with Gasteiger partial charge in [-0.05, 0) is 38.2 Å². The largest absolute Gasteiger partial charge is 0.339 e. The molecule has 1 aromatic heterocycles. The molecule has 0 radical (unpaired) electrons. The fourth-order valence-corrected chi connectivity index (χ4v) is 3.19. The molecule has 0 saturated carbocycles. The van der Waals surface area contributed by atoms with Crippen LogP contribution in [0.4, 0.5) is 5.69 Å². The van der Waals surface area contributed by atoms with Crippen molar-refractivity contribution in [2.24, 2.45) is 0 Å². The second kappa shape index (κ2) is 8.32. The van der Waals surface area contributed by atoms with E-state index in [-0.39, 0.29) is 17.2 Å². The summed E-state index contributed by atoms with van der Waals surface area (Å²) in [5.41, 5.74) is 2.49. The number of sulfonamides is 1. The van der Waals surface area contributed by atoms with Gasteiger partial charge in [0.05, 0.1) is 4.90 Å². The Labute approximate surface area is 163 Å². The maximum absolute atomic E-state index is 12.1. The van der Waals surface area contributed by atoms with Gasteiger partial charge in [0, 0.05) is 24.1 Å². The zero-order chi connectivity index (χ0) is 20.1. The monoisotopic (exact) mass is 400 g/mol. The summed E-state index contributed by atoms with van der Waals surface area (Å²) < 4.78 is 30.8. The number of rotatable bonds is 7. The Hall–Kier alpha value is -3.04. The van der Waals surface area contributed by atoms with Gasteiger partial charge in [0.2, 0.25) is 27.6 Å². The number of aryl methyl sites for hydroxylation is 2. The Morgan fingerprint density at radius 2 is 1.75 bits per heavy atom. The number of benzene rings is 2. The molecule has 1 amide bonds. The van der Waals surface area contributed by atoms with Crippen molar-refractivity contribution in [2.45, 2.75) is 24.7 Å². The Kier molecular flexibility index (Phi) is 5.86. The molecule has 2 aromatic carbocycles. The fraction of sp³-hybridized carbons (Fsp3) is 0.211. The summed E-state index contributed by atoms with van der Waals surface area (Å²) in [7, 11) is -2.16. The van der Waals surface area contributed by atoms with Crippen molar-refractivity contribution in [2.75, 3.05) is 12.4 Å². The quantitative estimate of drug-likeness (QED) is 0.630. The third-order valence-corrected chi connectivity index (χ3v) is 5.49. The molecular weight excluding hydrogens is 380 g/mol. The van der Waals surface area contributed by atoms with Crippen LogP contribution < -0.4 is 10.0 Å². The molecule has 0 bridgehead atoms. The smallest absolute Gasteiger partial charge is 0.240 e. The minimum absolute atomic E-state index is 0.127. The normalized spacial score (nSPS) is 11.4. The maximum Gasteiger partial charge on any atom is 0.240 e. The summed E-state index contributed by atoms with van der Waals surface area (Å²) in [5.74, 6) is 0.622. The molecule has 0 saturated heterocycles. The first-order valence-corrected chi connectivity index (χ1v) is 10.1. The highest BCUT2D eigenvalue weighted by Crippen LogP contribution is 2.17. The molecule has 2 N–H and O–H groups in total. The summed E-state index contributed by atoms with van der Waals surface area (Å²) >= 11 is 0. The average molecular weight is 400 g/mol. The number of hydrogen-bond acceptors (Lipinski definition) is 6. The van der Waals surface area contributed by atoms with Crippen molar-refractivity contribution in [3.8, 4) is 11.4 Å². The van der Waals surface area contributed by atoms with Crippen LogP contribution in [0.2, 0.25) is 0 Å². The summed E-state index contributed by atoms with van der Waals surface area (Å²) in [5, 5.41) is 6.65. The highest BCUT2D eigenvalue weighted by Gasteiger charge is 2.13. The summed E-state index contributed by atoms with van der Waals surface area (Å²) in [6, 6.07) is 13.7. The van der Waals surface area contributed by atoms with E-state index in [0.717, 1.165) is 11.1 Å². The number of nitrogens with zero attached hydrogens (tertiary/aromatic N) is 2. The Morgan fingerprint density at radius 3 is 2.39 bits per heavy atom. The second-order valence-electron chi connectivity index (χ2n) is 6.16. The lowest BCUT2D eigenvalue weighted by Crippen LogP contribution is -2.18. The molecule has 0 aliphatic heterocycles. The lowest BCUT2D eigenvalue weighted by Gasteiger charge is -2.06. The molecule has 3 aromatic rings. The van der Waals surface area contributed by atoms with E-state index in [4.69, 9.17) is 4.52 Å². The molecule has 1 heterocycles. The van der Waals surface area contributed by atoms with E-state index in [1.807, 2.05) is 31.2 Å². The van der Waals surface area contributed by atoms with Gasteiger partial charge in [0.25, 0.3) is 0 Å². The number of aromatic nitrogens is 2. The third kappa shape index (κ3) is 4.81. The standard InChI is InChI=1S/C19H20N4O4S/c1-13-3-5-14(6-4-13)19-22-18(27-23-19)12-11-17(24)21-15-7-9-16(10-8-15)28(25,26)20-2/h3-10,20H,11-12H2,1-2H3,(H,21,24). The van der Waals surface area contributed by atoms with Crippen molar-refractivity contribution in [3.63, 3.8) is 0 Å². The van der Waals surface area contributed by atoms with E-state index in [2.05, 4.69) is 20.2 Å². The molecular formula is C19H20N4O4S. The molecule has 0 aliphatic rings. The first-order valence-electron chi connectivity index (χ1n) is 8.60. The first kappa shape index (κ1) is 19.7. The highest BCUT2D eigenvalue weighted by atomic mass is 32.2. The van der Waals surface area contributed by atoms with Crippen LogP contribution in [0.5, 0.6) is 0 Å². The van der Waals surface area contributed by atoms with Crippen LogP contribution >= 0.6 is 0 Å². The molecule has 28 heavy (non-hydrogen) atoms. The van der Waals surface area contributed by atoms with Gasteiger partial charge < -0.3 is 9.84 Å². The van der Waals surface area contributed by atoms with Gasteiger partial charge >= 0.3 is 0 Å². The van der Waals surface area contributed by atoms with Gasteiger partial charge in [0.15, 0.2) is 0 Å². The van der Waals surface area contributed by atoms with Gasteiger partial charge in [-0.3, -0.25) is 4.79 Å². The molecule has 0 aliphatic carbocycles. The first-order chi connectivity index (χ1) is 13.4. The van der Waals surface area contributed by atoms with E-state index < -0.39 is 10.0 Å². The number of anilines is 1. The minimum atomic E-state index is -3.50. The number of carbonyl (C=O) groups excluding carboxylic acids is 1. The molecule has 146 valence electrons. The van der Waals surface area contributed by atoms with Crippen LogP contribution in [-0.2, 0) is 21.2 Å². The fourth-order valence-electron chi connectivity index (χ4n) is 2.46. The molecule has 0 fully saturated rings. The van der Waals surface area contributed by atoms with Gasteiger partial charge in [-0.1, -0.05) is 35.0 Å². The zero-order valence-corrected chi connectivity index (χ0v) is 16.3. The SMILES string of the molecule is CNS(=O)(=O)c1ccc(NC(=O)CCc2nc(-c3ccc(C)cc3)no2)cc1. The Bertz CT molecular complexity index is 1060. The lowest BCUT2D eigenvalue weighted by atomic mass is 10.1. The number of carbonyl (C=O) groups is 1. The van der Waals surface area contributed by atoms with Gasteiger partial charge in [-0.25, -0.2) is 13.1 Å². The zero-order valence-electron chi connectivity index (χ0n) is 15.5. The summed E-state index contributed by atoms with van der Waals surface area (Å²) in [4.78, 5) is 16.5. The predicted octanol–water partition coefficient (Wildman–Crippen LogP) is 2.52. The number of amides is 1. The molecule has 0 unspecified atom stereocenters. The van der Waals surface area contributed by atoms with Crippen LogP contribution in [0.3, 0.4) is 0 Å². The second-order valence-corrected chi connectivity index (χ2v) is 8.04.